The number of benzene rings is 1. The quantitative estimate of drug-likeness (QED) is 0.161. The minimum atomic E-state index is -3.92. The van der Waals surface area contributed by atoms with Gasteiger partial charge in [0.25, 0.3) is 0 Å². The summed E-state index contributed by atoms with van der Waals surface area (Å²) in [5.41, 5.74) is 0.956. The van der Waals surface area contributed by atoms with Crippen molar-refractivity contribution in [2.75, 3.05) is 0 Å². The fraction of sp³-hybridized carbons (Fsp3) is 0.739. The van der Waals surface area contributed by atoms with E-state index >= 15 is 0 Å². The van der Waals surface area contributed by atoms with Crippen molar-refractivity contribution in [1.29, 1.82) is 0 Å². The van der Waals surface area contributed by atoms with Crippen LogP contribution < -0.4 is 5.19 Å². The highest BCUT2D eigenvalue weighted by Crippen LogP contribution is 2.74. The minimum Gasteiger partial charge on any atom is -0.351 e. The zero-order valence-corrected chi connectivity index (χ0v) is 32.2. The fourth-order valence-corrected chi connectivity index (χ4v) is 23.9. The fourth-order valence-electron chi connectivity index (χ4n) is 3.58. The molecule has 36 heavy (non-hydrogen) atoms. The Morgan fingerprint density at radius 2 is 0.944 bits per heavy atom. The summed E-state index contributed by atoms with van der Waals surface area (Å²) in [6.45, 7) is 30.7. The van der Waals surface area contributed by atoms with E-state index < -0.39 is 61.9 Å². The molecule has 6 nitrogen and oxygen atoms in total. The van der Waals surface area contributed by atoms with Gasteiger partial charge in [0.05, 0.1) is 8.07 Å². The van der Waals surface area contributed by atoms with E-state index in [1.807, 2.05) is 90.7 Å². The van der Waals surface area contributed by atoms with E-state index in [1.165, 1.54) is 5.19 Å². The van der Waals surface area contributed by atoms with Crippen LogP contribution in [0.4, 0.5) is 0 Å². The average molecular weight is 627 g/mol. The molecule has 0 heterocycles. The van der Waals surface area contributed by atoms with E-state index in [-0.39, 0.29) is 6.42 Å². The van der Waals surface area contributed by atoms with Gasteiger partial charge in [0.1, 0.15) is 0 Å². The van der Waals surface area contributed by atoms with Crippen LogP contribution in [0.3, 0.4) is 0 Å². The Morgan fingerprint density at radius 1 is 0.611 bits per heavy atom. The summed E-state index contributed by atoms with van der Waals surface area (Å²) in [5, 5.41) is 0.261. The van der Waals surface area contributed by atoms with Gasteiger partial charge in [-0.1, -0.05) is 49.1 Å². The number of rotatable bonds is 13. The highest BCUT2D eigenvalue weighted by atomic mass is 31.2. The first-order valence-electron chi connectivity index (χ1n) is 12.8. The van der Waals surface area contributed by atoms with Crippen LogP contribution in [0.1, 0.15) is 5.56 Å². The molecule has 0 radical (unpaired) electrons. The van der Waals surface area contributed by atoms with Gasteiger partial charge in [-0.3, -0.25) is 9.13 Å². The minimum absolute atomic E-state index is 0.247. The molecule has 0 aromatic heterocycles. The Morgan fingerprint density at radius 3 is 1.22 bits per heavy atom. The topological polar surface area (TPSA) is 71.1 Å². The molecule has 0 spiro atoms. The maximum atomic E-state index is 15.0. The summed E-state index contributed by atoms with van der Waals surface area (Å²) in [4.78, 5) is 0. The molecule has 0 fully saturated rings. The molecule has 0 amide bonds. The van der Waals surface area contributed by atoms with Crippen LogP contribution in [-0.2, 0) is 32.4 Å². The van der Waals surface area contributed by atoms with Gasteiger partial charge < -0.3 is 16.9 Å². The maximum Gasteiger partial charge on any atom is 0.326 e. The van der Waals surface area contributed by atoms with Gasteiger partial charge in [-0.05, 0) is 90.5 Å². The molecule has 1 aromatic rings. The third-order valence-electron chi connectivity index (χ3n) is 4.55. The Bertz CT molecular complexity index is 895. The summed E-state index contributed by atoms with van der Waals surface area (Å²) in [6.07, 6.45) is 0.247. The first kappa shape index (κ1) is 34.6. The normalized spacial score (nSPS) is 15.0. The third-order valence-corrected chi connectivity index (χ3v) is 22.9. The number of hydrogen-bond donors (Lipinski definition) is 0. The smallest absolute Gasteiger partial charge is 0.326 e. The second-order valence-corrected chi connectivity index (χ2v) is 43.2. The highest BCUT2D eigenvalue weighted by Gasteiger charge is 2.56. The van der Waals surface area contributed by atoms with Crippen molar-refractivity contribution in [3.05, 3.63) is 29.8 Å². The van der Waals surface area contributed by atoms with E-state index in [0.717, 1.165) is 5.56 Å². The average Bonchev–Trinajstić information content (AvgIpc) is 2.51. The highest BCUT2D eigenvalue weighted by molar-refractivity contribution is 7.75. The third kappa shape index (κ3) is 12.2. The van der Waals surface area contributed by atoms with Gasteiger partial charge in [0, 0.05) is 0 Å². The maximum absolute atomic E-state index is 15.0. The second kappa shape index (κ2) is 11.6. The van der Waals surface area contributed by atoms with E-state index in [9.17, 15) is 9.13 Å². The zero-order chi connectivity index (χ0) is 28.6. The van der Waals surface area contributed by atoms with Crippen LogP contribution in [-0.4, -0.2) is 46.7 Å². The van der Waals surface area contributed by atoms with Crippen LogP contribution >= 0.6 is 15.2 Å². The Kier molecular flexibility index (Phi) is 11.2. The lowest BCUT2D eigenvalue weighted by Crippen LogP contribution is -2.39. The molecule has 13 heteroatoms. The van der Waals surface area contributed by atoms with Crippen LogP contribution in [0.5, 0.6) is 0 Å². The molecule has 0 atom stereocenters. The predicted molar refractivity (Wildman–Crippen MR) is 170 cm³/mol. The monoisotopic (exact) mass is 626 g/mol. The van der Waals surface area contributed by atoms with Crippen LogP contribution in [0.15, 0.2) is 24.3 Å². The molecule has 1 aromatic carbocycles. The Balaban J connectivity index is 3.94. The van der Waals surface area contributed by atoms with Crippen molar-refractivity contribution in [3.63, 3.8) is 0 Å². The first-order valence-corrected chi connectivity index (χ1v) is 33.1. The lowest BCUT2D eigenvalue weighted by atomic mass is 10.2. The van der Waals surface area contributed by atoms with Gasteiger partial charge in [0.15, 0.2) is 38.7 Å². The van der Waals surface area contributed by atoms with Crippen molar-refractivity contribution >= 4 is 61.7 Å². The molecule has 0 saturated heterocycles. The molecule has 0 aliphatic carbocycles. The van der Waals surface area contributed by atoms with Crippen molar-refractivity contribution in [1.82, 2.24) is 0 Å². The van der Waals surface area contributed by atoms with Crippen LogP contribution in [0.2, 0.25) is 98.2 Å². The van der Waals surface area contributed by atoms with Gasteiger partial charge in [-0.15, -0.1) is 0 Å². The number of hydrogen-bond acceptors (Lipinski definition) is 6. The zero-order valence-electron chi connectivity index (χ0n) is 25.4. The second-order valence-electron chi connectivity index (χ2n) is 14.5. The molecule has 210 valence electrons. The van der Waals surface area contributed by atoms with Crippen molar-refractivity contribution in [3.8, 4) is 0 Å². The van der Waals surface area contributed by atoms with E-state index in [1.54, 1.807) is 0 Å². The molecule has 0 bridgehead atoms. The molecular weight excluding hydrogens is 575 g/mol. The van der Waals surface area contributed by atoms with Gasteiger partial charge in [0.2, 0.25) is 0 Å². The molecule has 0 aliphatic rings. The van der Waals surface area contributed by atoms with Crippen LogP contribution in [0.25, 0.3) is 0 Å². The van der Waals surface area contributed by atoms with E-state index in [2.05, 4.69) is 31.8 Å². The first-order chi connectivity index (χ1) is 15.6. The summed E-state index contributed by atoms with van der Waals surface area (Å²) in [7, 11) is -19.0. The van der Waals surface area contributed by atoms with E-state index in [4.69, 9.17) is 16.9 Å². The van der Waals surface area contributed by atoms with E-state index in [0.29, 0.717) is 0 Å². The Hall–Kier alpha value is 0.604. The SMILES string of the molecule is C[Si](C)(C)OP(=O)(O[Si](C)(C)C)C(Cc1cccc([Si](C)(C)C)c1)P(=O)(O[Si](C)(C)C)O[Si](C)(C)C. The summed E-state index contributed by atoms with van der Waals surface area (Å²) in [6, 6.07) is 8.36. The molecule has 0 unspecified atom stereocenters. The summed E-state index contributed by atoms with van der Waals surface area (Å²) < 4.78 is 55.7. The van der Waals surface area contributed by atoms with Crippen molar-refractivity contribution in [2.24, 2.45) is 0 Å². The molecule has 0 N–H and O–H groups in total. The van der Waals surface area contributed by atoms with Gasteiger partial charge in [-0.25, -0.2) is 0 Å². The standard InChI is InChI=1S/C23H52O6P2Si5/c1-32(2,3)22-18-16-17-21(19-22)20-23(30(24,26-33(4,5)6)27-34(7,8)9)31(25,28-35(10,11)12)29-36(13,14)15/h16-19,23H,20H2,1-15H3. The van der Waals surface area contributed by atoms with Crippen molar-refractivity contribution in [2.45, 2.75) is 110 Å². The predicted octanol–water partition coefficient (Wildman–Crippen LogP) is 8.89. The molecular formula is C23H52O6P2Si5. The molecule has 1 rings (SSSR count). The van der Waals surface area contributed by atoms with Gasteiger partial charge >= 0.3 is 15.2 Å². The summed E-state index contributed by atoms with van der Waals surface area (Å²) >= 11 is 0. The van der Waals surface area contributed by atoms with Crippen LogP contribution in [0, 0.1) is 0 Å². The van der Waals surface area contributed by atoms with Gasteiger partial charge in [-0.2, -0.15) is 0 Å². The Labute approximate surface area is 226 Å². The lowest BCUT2D eigenvalue weighted by molar-refractivity contribution is 0.349. The molecule has 0 aliphatic heterocycles. The largest absolute Gasteiger partial charge is 0.351 e. The van der Waals surface area contributed by atoms with Crippen molar-refractivity contribution < 1.29 is 26.0 Å². The summed E-state index contributed by atoms with van der Waals surface area (Å²) in [5.74, 6) is 0. The molecule has 0 saturated carbocycles. The lowest BCUT2D eigenvalue weighted by Gasteiger charge is -2.41.